The SMILES string of the molecule is CC1(C)CCN(C(CN)c2cccc3cccnc23)CC1. The third kappa shape index (κ3) is 2.94. The van der Waals surface area contributed by atoms with Crippen LogP contribution in [0.4, 0.5) is 0 Å². The molecule has 21 heavy (non-hydrogen) atoms. The maximum Gasteiger partial charge on any atom is 0.0750 e. The lowest BCUT2D eigenvalue weighted by atomic mass is 9.82. The van der Waals surface area contributed by atoms with Gasteiger partial charge in [-0.05, 0) is 43.0 Å². The second kappa shape index (κ2) is 5.74. The summed E-state index contributed by atoms with van der Waals surface area (Å²) in [4.78, 5) is 7.13. The lowest BCUT2D eigenvalue weighted by Gasteiger charge is -2.41. The number of hydrogen-bond donors (Lipinski definition) is 1. The third-order valence-corrected chi connectivity index (χ3v) is 4.84. The van der Waals surface area contributed by atoms with Gasteiger partial charge >= 0.3 is 0 Å². The Morgan fingerprint density at radius 3 is 2.62 bits per heavy atom. The summed E-state index contributed by atoms with van der Waals surface area (Å²) in [6, 6.07) is 10.8. The second-order valence-electron chi connectivity index (χ2n) is 6.87. The number of nitrogens with two attached hydrogens (primary N) is 1. The Morgan fingerprint density at radius 1 is 1.19 bits per heavy atom. The number of likely N-dealkylation sites (tertiary alicyclic amines) is 1. The van der Waals surface area contributed by atoms with Crippen LogP contribution in [0.1, 0.15) is 38.3 Å². The summed E-state index contributed by atoms with van der Waals surface area (Å²) in [6.45, 7) is 7.62. The molecule has 3 rings (SSSR count). The van der Waals surface area contributed by atoms with Crippen molar-refractivity contribution in [1.29, 1.82) is 0 Å². The Balaban J connectivity index is 1.92. The molecule has 0 spiro atoms. The maximum atomic E-state index is 6.12. The predicted octanol–water partition coefficient (Wildman–Crippen LogP) is 3.36. The van der Waals surface area contributed by atoms with Gasteiger partial charge in [0.15, 0.2) is 0 Å². The van der Waals surface area contributed by atoms with E-state index in [-0.39, 0.29) is 6.04 Å². The van der Waals surface area contributed by atoms with Crippen LogP contribution in [-0.4, -0.2) is 29.5 Å². The van der Waals surface area contributed by atoms with Gasteiger partial charge in [0, 0.05) is 24.2 Å². The molecule has 3 heteroatoms. The highest BCUT2D eigenvalue weighted by Gasteiger charge is 2.30. The van der Waals surface area contributed by atoms with Crippen LogP contribution in [0.5, 0.6) is 0 Å². The molecule has 1 saturated heterocycles. The van der Waals surface area contributed by atoms with Gasteiger partial charge in [-0.2, -0.15) is 0 Å². The Labute approximate surface area is 127 Å². The Bertz CT molecular complexity index is 605. The summed E-state index contributed by atoms with van der Waals surface area (Å²) in [5, 5.41) is 1.20. The van der Waals surface area contributed by atoms with E-state index in [0.717, 1.165) is 18.6 Å². The first kappa shape index (κ1) is 14.5. The van der Waals surface area contributed by atoms with E-state index in [2.05, 4.69) is 48.0 Å². The minimum Gasteiger partial charge on any atom is -0.329 e. The number of nitrogens with zero attached hydrogens (tertiary/aromatic N) is 2. The lowest BCUT2D eigenvalue weighted by Crippen LogP contribution is -2.42. The van der Waals surface area contributed by atoms with Crippen molar-refractivity contribution in [2.45, 2.75) is 32.7 Å². The van der Waals surface area contributed by atoms with Crippen molar-refractivity contribution < 1.29 is 0 Å². The number of aromatic nitrogens is 1. The molecule has 0 bridgehead atoms. The Kier molecular flexibility index (Phi) is 3.96. The molecule has 1 atom stereocenters. The standard InChI is InChI=1S/C18H25N3/c1-18(2)8-11-21(12-9-18)16(13-19)15-7-3-5-14-6-4-10-20-17(14)15/h3-7,10,16H,8-9,11-13,19H2,1-2H3. The average molecular weight is 283 g/mol. The number of rotatable bonds is 3. The van der Waals surface area contributed by atoms with Gasteiger partial charge < -0.3 is 5.73 Å². The molecule has 0 amide bonds. The highest BCUT2D eigenvalue weighted by molar-refractivity contribution is 5.82. The van der Waals surface area contributed by atoms with Gasteiger partial charge in [-0.1, -0.05) is 38.1 Å². The predicted molar refractivity (Wildman–Crippen MR) is 88.1 cm³/mol. The first-order chi connectivity index (χ1) is 10.1. The molecule has 2 aromatic rings. The summed E-state index contributed by atoms with van der Waals surface area (Å²) in [7, 11) is 0. The quantitative estimate of drug-likeness (QED) is 0.939. The van der Waals surface area contributed by atoms with Crippen molar-refractivity contribution in [3.63, 3.8) is 0 Å². The molecule has 2 heterocycles. The molecule has 0 radical (unpaired) electrons. The fourth-order valence-electron chi connectivity index (χ4n) is 3.31. The number of para-hydroxylation sites is 1. The van der Waals surface area contributed by atoms with E-state index in [4.69, 9.17) is 5.73 Å². The summed E-state index contributed by atoms with van der Waals surface area (Å²) in [5.74, 6) is 0. The summed E-state index contributed by atoms with van der Waals surface area (Å²) < 4.78 is 0. The summed E-state index contributed by atoms with van der Waals surface area (Å²) in [5.41, 5.74) is 8.96. The van der Waals surface area contributed by atoms with Gasteiger partial charge in [-0.3, -0.25) is 9.88 Å². The molecule has 2 N–H and O–H groups in total. The number of hydrogen-bond acceptors (Lipinski definition) is 3. The lowest BCUT2D eigenvalue weighted by molar-refractivity contribution is 0.0969. The van der Waals surface area contributed by atoms with Crippen LogP contribution in [0.2, 0.25) is 0 Å². The van der Waals surface area contributed by atoms with Crippen molar-refractivity contribution in [3.8, 4) is 0 Å². The number of benzene rings is 1. The van der Waals surface area contributed by atoms with E-state index in [1.54, 1.807) is 0 Å². The van der Waals surface area contributed by atoms with Crippen molar-refractivity contribution in [1.82, 2.24) is 9.88 Å². The van der Waals surface area contributed by atoms with Gasteiger partial charge in [0.25, 0.3) is 0 Å². The molecule has 1 aromatic heterocycles. The fraction of sp³-hybridized carbons (Fsp3) is 0.500. The van der Waals surface area contributed by atoms with Crippen molar-refractivity contribution in [2.24, 2.45) is 11.1 Å². The molecule has 0 aliphatic carbocycles. The summed E-state index contributed by atoms with van der Waals surface area (Å²) >= 11 is 0. The molecular weight excluding hydrogens is 258 g/mol. The van der Waals surface area contributed by atoms with Crippen molar-refractivity contribution in [2.75, 3.05) is 19.6 Å². The number of pyridine rings is 1. The molecule has 1 fully saturated rings. The van der Waals surface area contributed by atoms with Gasteiger partial charge in [-0.15, -0.1) is 0 Å². The van der Waals surface area contributed by atoms with Gasteiger partial charge in [0.1, 0.15) is 0 Å². The zero-order valence-electron chi connectivity index (χ0n) is 13.0. The van der Waals surface area contributed by atoms with Crippen molar-refractivity contribution >= 4 is 10.9 Å². The monoisotopic (exact) mass is 283 g/mol. The number of piperidine rings is 1. The van der Waals surface area contributed by atoms with Crippen LogP contribution in [0.3, 0.4) is 0 Å². The fourth-order valence-corrected chi connectivity index (χ4v) is 3.31. The first-order valence-electron chi connectivity index (χ1n) is 7.88. The number of fused-ring (bicyclic) bond motifs is 1. The van der Waals surface area contributed by atoms with Gasteiger partial charge in [0.05, 0.1) is 5.52 Å². The van der Waals surface area contributed by atoms with Gasteiger partial charge in [-0.25, -0.2) is 0 Å². The van der Waals surface area contributed by atoms with E-state index in [1.165, 1.54) is 23.8 Å². The molecule has 1 aliphatic heterocycles. The van der Waals surface area contributed by atoms with E-state index in [0.29, 0.717) is 12.0 Å². The molecule has 112 valence electrons. The van der Waals surface area contributed by atoms with E-state index < -0.39 is 0 Å². The normalized spacial score (nSPS) is 20.5. The average Bonchev–Trinajstić information content (AvgIpc) is 2.50. The maximum absolute atomic E-state index is 6.12. The Morgan fingerprint density at radius 2 is 1.90 bits per heavy atom. The smallest absolute Gasteiger partial charge is 0.0750 e. The van der Waals surface area contributed by atoms with Crippen molar-refractivity contribution in [3.05, 3.63) is 42.1 Å². The van der Waals surface area contributed by atoms with E-state index in [1.807, 2.05) is 12.3 Å². The largest absolute Gasteiger partial charge is 0.329 e. The van der Waals surface area contributed by atoms with Crippen LogP contribution >= 0.6 is 0 Å². The molecule has 0 saturated carbocycles. The van der Waals surface area contributed by atoms with Crippen LogP contribution in [-0.2, 0) is 0 Å². The molecule has 1 aliphatic rings. The zero-order chi connectivity index (χ0) is 14.9. The van der Waals surface area contributed by atoms with E-state index >= 15 is 0 Å². The van der Waals surface area contributed by atoms with Crippen LogP contribution in [0.15, 0.2) is 36.5 Å². The topological polar surface area (TPSA) is 42.1 Å². The molecule has 1 unspecified atom stereocenters. The van der Waals surface area contributed by atoms with Crippen LogP contribution in [0, 0.1) is 5.41 Å². The highest BCUT2D eigenvalue weighted by Crippen LogP contribution is 2.34. The third-order valence-electron chi connectivity index (χ3n) is 4.84. The molecule has 1 aromatic carbocycles. The highest BCUT2D eigenvalue weighted by atomic mass is 15.2. The van der Waals surface area contributed by atoms with Crippen LogP contribution < -0.4 is 5.73 Å². The summed E-state index contributed by atoms with van der Waals surface area (Å²) in [6.07, 6.45) is 4.35. The zero-order valence-corrected chi connectivity index (χ0v) is 13.0. The van der Waals surface area contributed by atoms with E-state index in [9.17, 15) is 0 Å². The Hall–Kier alpha value is -1.45. The first-order valence-corrected chi connectivity index (χ1v) is 7.88. The second-order valence-corrected chi connectivity index (χ2v) is 6.87. The molecule has 3 nitrogen and oxygen atoms in total. The minimum absolute atomic E-state index is 0.277. The van der Waals surface area contributed by atoms with Crippen LogP contribution in [0.25, 0.3) is 10.9 Å². The van der Waals surface area contributed by atoms with Gasteiger partial charge in [0.2, 0.25) is 0 Å². The minimum atomic E-state index is 0.277. The molecular formula is C18H25N3.